The smallest absolute Gasteiger partial charge is 0.323 e. The summed E-state index contributed by atoms with van der Waals surface area (Å²) in [6, 6.07) is 12.7. The molecule has 0 aliphatic rings. The molecule has 2 aromatic heterocycles. The van der Waals surface area contributed by atoms with E-state index < -0.39 is 0 Å². The zero-order valence-corrected chi connectivity index (χ0v) is 17.4. The maximum atomic E-state index is 12.3. The van der Waals surface area contributed by atoms with Crippen LogP contribution in [0.25, 0.3) is 21.3 Å². The number of nitrogens with two attached hydrogens (primary N) is 1. The van der Waals surface area contributed by atoms with Crippen LogP contribution in [0.1, 0.15) is 10.4 Å². The number of urea groups is 1. The number of benzene rings is 2. The van der Waals surface area contributed by atoms with Gasteiger partial charge in [0.1, 0.15) is 17.0 Å². The molecule has 4 N–H and O–H groups in total. The molecular weight excluding hydrogens is 406 g/mol. The molecule has 0 aliphatic heterocycles. The van der Waals surface area contributed by atoms with Gasteiger partial charge in [0.25, 0.3) is 0 Å². The maximum Gasteiger partial charge on any atom is 0.323 e. The monoisotopic (exact) mass is 423 g/mol. The number of aryl methyl sites for hydroxylation is 2. The van der Waals surface area contributed by atoms with E-state index in [0.717, 1.165) is 31.8 Å². The van der Waals surface area contributed by atoms with Gasteiger partial charge >= 0.3 is 6.03 Å². The molecule has 0 saturated carbocycles. The molecule has 0 radical (unpaired) electrons. The Bertz CT molecular complexity index is 1240. The number of hydrogen-bond acceptors (Lipinski definition) is 5. The minimum Gasteiger partial charge on any atom is -0.383 e. The van der Waals surface area contributed by atoms with Crippen molar-refractivity contribution in [1.82, 2.24) is 9.97 Å². The molecule has 0 unspecified atom stereocenters. The van der Waals surface area contributed by atoms with Crippen LogP contribution in [0.15, 0.2) is 48.8 Å². The van der Waals surface area contributed by atoms with E-state index in [4.69, 9.17) is 17.3 Å². The largest absolute Gasteiger partial charge is 0.383 e. The summed E-state index contributed by atoms with van der Waals surface area (Å²) in [6.45, 7) is 3.98. The Morgan fingerprint density at radius 1 is 1.10 bits per heavy atom. The van der Waals surface area contributed by atoms with Gasteiger partial charge in [-0.2, -0.15) is 0 Å². The lowest BCUT2D eigenvalue weighted by Gasteiger charge is -2.11. The van der Waals surface area contributed by atoms with Crippen LogP contribution >= 0.6 is 22.9 Å². The second-order valence-corrected chi connectivity index (χ2v) is 8.23. The molecule has 6 nitrogen and oxygen atoms in total. The fourth-order valence-corrected chi connectivity index (χ4v) is 4.44. The van der Waals surface area contributed by atoms with Crippen molar-refractivity contribution in [3.63, 3.8) is 0 Å². The average molecular weight is 424 g/mol. The van der Waals surface area contributed by atoms with Gasteiger partial charge in [-0.1, -0.05) is 29.8 Å². The minimum atomic E-state index is -0.361. The van der Waals surface area contributed by atoms with E-state index in [1.54, 1.807) is 17.4 Å². The van der Waals surface area contributed by atoms with Crippen LogP contribution in [0.3, 0.4) is 0 Å². The van der Waals surface area contributed by atoms with Crippen LogP contribution in [-0.4, -0.2) is 16.0 Å². The van der Waals surface area contributed by atoms with E-state index in [0.29, 0.717) is 22.2 Å². The number of nitrogens with one attached hydrogen (secondary N) is 2. The molecule has 2 heterocycles. The highest BCUT2D eigenvalue weighted by atomic mass is 35.5. The lowest BCUT2D eigenvalue weighted by atomic mass is 10.0. The first kappa shape index (κ1) is 19.2. The molecule has 0 saturated heterocycles. The highest BCUT2D eigenvalue weighted by Gasteiger charge is 2.17. The van der Waals surface area contributed by atoms with Crippen molar-refractivity contribution in [3.05, 3.63) is 64.3 Å². The fraction of sp³-hybridized carbons (Fsp3) is 0.0952. The number of rotatable bonds is 3. The van der Waals surface area contributed by atoms with Gasteiger partial charge in [-0.05, 0) is 49.2 Å². The molecule has 29 heavy (non-hydrogen) atoms. The molecule has 2 aromatic carbocycles. The number of thiophene rings is 1. The van der Waals surface area contributed by atoms with E-state index in [-0.39, 0.29) is 6.03 Å². The summed E-state index contributed by atoms with van der Waals surface area (Å²) < 4.78 is 0. The van der Waals surface area contributed by atoms with Gasteiger partial charge in [-0.15, -0.1) is 11.3 Å². The zero-order valence-electron chi connectivity index (χ0n) is 15.8. The van der Waals surface area contributed by atoms with Gasteiger partial charge in [0, 0.05) is 16.1 Å². The highest BCUT2D eigenvalue weighted by molar-refractivity contribution is 7.19. The summed E-state index contributed by atoms with van der Waals surface area (Å²) >= 11 is 8.02. The number of nitrogen functional groups attached to an aromatic ring is 1. The van der Waals surface area contributed by atoms with Crippen molar-refractivity contribution >= 4 is 56.4 Å². The van der Waals surface area contributed by atoms with Crippen LogP contribution in [0.4, 0.5) is 22.0 Å². The van der Waals surface area contributed by atoms with Crippen molar-refractivity contribution < 1.29 is 4.79 Å². The maximum absolute atomic E-state index is 12.3. The van der Waals surface area contributed by atoms with E-state index >= 15 is 0 Å². The number of halogens is 1. The van der Waals surface area contributed by atoms with Crippen LogP contribution in [0.2, 0.25) is 5.02 Å². The SMILES string of the molecule is Cc1cccc(NC(=O)Nc2ccc(-c3c(C)sc4ncnc(N)c34)cc2Cl)c1. The molecule has 2 amide bonds. The first-order chi connectivity index (χ1) is 13.9. The van der Waals surface area contributed by atoms with Crippen molar-refractivity contribution in [2.75, 3.05) is 16.4 Å². The highest BCUT2D eigenvalue weighted by Crippen LogP contribution is 2.41. The zero-order chi connectivity index (χ0) is 20.5. The Hall–Kier alpha value is -3.16. The van der Waals surface area contributed by atoms with Crippen molar-refractivity contribution in [2.45, 2.75) is 13.8 Å². The van der Waals surface area contributed by atoms with Crippen LogP contribution < -0.4 is 16.4 Å². The number of amides is 2. The third-order valence-electron chi connectivity index (χ3n) is 4.48. The Balaban J connectivity index is 1.61. The van der Waals surface area contributed by atoms with Crippen molar-refractivity contribution in [1.29, 1.82) is 0 Å². The Labute approximate surface area is 176 Å². The molecule has 0 bridgehead atoms. The lowest BCUT2D eigenvalue weighted by molar-refractivity contribution is 0.262. The minimum absolute atomic E-state index is 0.361. The first-order valence-corrected chi connectivity index (χ1v) is 10.1. The quantitative estimate of drug-likeness (QED) is 0.385. The van der Waals surface area contributed by atoms with Crippen LogP contribution in [-0.2, 0) is 0 Å². The summed E-state index contributed by atoms with van der Waals surface area (Å²) in [5.74, 6) is 0.435. The number of anilines is 3. The van der Waals surface area contributed by atoms with Crippen LogP contribution in [0, 0.1) is 13.8 Å². The number of carbonyl (C=O) groups excluding carboxylic acids is 1. The topological polar surface area (TPSA) is 92.9 Å². The van der Waals surface area contributed by atoms with E-state index in [2.05, 4.69) is 20.6 Å². The Kier molecular flexibility index (Phi) is 5.08. The van der Waals surface area contributed by atoms with E-state index in [1.807, 2.05) is 50.2 Å². The molecule has 4 rings (SSSR count). The normalized spacial score (nSPS) is 10.9. The van der Waals surface area contributed by atoms with E-state index in [1.165, 1.54) is 6.33 Å². The van der Waals surface area contributed by atoms with Gasteiger partial charge in [-0.3, -0.25) is 0 Å². The predicted molar refractivity (Wildman–Crippen MR) is 121 cm³/mol. The third-order valence-corrected chi connectivity index (χ3v) is 5.80. The summed E-state index contributed by atoms with van der Waals surface area (Å²) in [5, 5.41) is 6.84. The number of nitrogens with zero attached hydrogens (tertiary/aromatic N) is 2. The van der Waals surface area contributed by atoms with Gasteiger partial charge in [0.2, 0.25) is 0 Å². The third kappa shape index (κ3) is 3.87. The second kappa shape index (κ2) is 7.69. The summed E-state index contributed by atoms with van der Waals surface area (Å²) in [6.07, 6.45) is 1.46. The summed E-state index contributed by atoms with van der Waals surface area (Å²) in [7, 11) is 0. The second-order valence-electron chi connectivity index (χ2n) is 6.62. The number of hydrogen-bond donors (Lipinski definition) is 3. The fourth-order valence-electron chi connectivity index (χ4n) is 3.19. The number of aromatic nitrogens is 2. The first-order valence-electron chi connectivity index (χ1n) is 8.86. The molecule has 0 fully saturated rings. The number of carbonyl (C=O) groups is 1. The Morgan fingerprint density at radius 2 is 1.93 bits per heavy atom. The average Bonchev–Trinajstić information content (AvgIpc) is 3.00. The summed E-state index contributed by atoms with van der Waals surface area (Å²) in [4.78, 5) is 22.6. The molecule has 0 aliphatic carbocycles. The molecule has 4 aromatic rings. The van der Waals surface area contributed by atoms with Gasteiger partial charge in [0.15, 0.2) is 0 Å². The lowest BCUT2D eigenvalue weighted by Crippen LogP contribution is -2.19. The molecule has 146 valence electrons. The van der Waals surface area contributed by atoms with Crippen LogP contribution in [0.5, 0.6) is 0 Å². The number of fused-ring (bicyclic) bond motifs is 1. The molecule has 8 heteroatoms. The van der Waals surface area contributed by atoms with Crippen molar-refractivity contribution in [3.8, 4) is 11.1 Å². The predicted octanol–water partition coefficient (Wildman–Crippen LogP) is 5.85. The van der Waals surface area contributed by atoms with Gasteiger partial charge in [0.05, 0.1) is 16.1 Å². The van der Waals surface area contributed by atoms with Crippen molar-refractivity contribution in [2.24, 2.45) is 0 Å². The van der Waals surface area contributed by atoms with Gasteiger partial charge < -0.3 is 16.4 Å². The van der Waals surface area contributed by atoms with E-state index in [9.17, 15) is 4.79 Å². The molecular formula is C21H18ClN5OS. The molecule has 0 spiro atoms. The van der Waals surface area contributed by atoms with Gasteiger partial charge in [-0.25, -0.2) is 14.8 Å². The Morgan fingerprint density at radius 3 is 2.69 bits per heavy atom. The molecule has 0 atom stereocenters. The standard InChI is InChI=1S/C21H18ClN5OS/c1-11-4-3-5-14(8-11)26-21(28)27-16-7-6-13(9-15(16)22)17-12(2)29-20-18(17)19(23)24-10-25-20/h3-10H,1-2H3,(H2,23,24,25)(H2,26,27,28). The summed E-state index contributed by atoms with van der Waals surface area (Å²) in [5.41, 5.74) is 10.2.